The summed E-state index contributed by atoms with van der Waals surface area (Å²) < 4.78 is 13.9. The molecular formula is C34H42O3P+. The molecule has 3 aromatic carbocycles. The zero-order chi connectivity index (χ0) is 28.5. The number of hydrogen-bond acceptors (Lipinski definition) is 3. The summed E-state index contributed by atoms with van der Waals surface area (Å²) in [5, 5.41) is 0.485. The molecule has 0 saturated carbocycles. The van der Waals surface area contributed by atoms with Gasteiger partial charge in [0, 0.05) is 22.6 Å². The minimum Gasteiger partial charge on any atom is -0.289 e. The van der Waals surface area contributed by atoms with Gasteiger partial charge in [0.2, 0.25) is 5.30 Å². The summed E-state index contributed by atoms with van der Waals surface area (Å²) in [6.45, 7) is 20.4. The number of carbonyl (C=O) groups is 2. The first-order valence-corrected chi connectivity index (χ1v) is 14.9. The Morgan fingerprint density at radius 2 is 1.18 bits per heavy atom. The van der Waals surface area contributed by atoms with E-state index in [2.05, 4.69) is 27.7 Å². The fraction of sp³-hybridized carbons (Fsp3) is 0.412. The van der Waals surface area contributed by atoms with E-state index in [4.69, 9.17) is 0 Å². The zero-order valence-electron chi connectivity index (χ0n) is 24.7. The topological polar surface area (TPSA) is 51.2 Å². The van der Waals surface area contributed by atoms with E-state index in [1.807, 2.05) is 65.8 Å². The van der Waals surface area contributed by atoms with Crippen LogP contribution in [0.25, 0.3) is 0 Å². The van der Waals surface area contributed by atoms with Crippen molar-refractivity contribution >= 4 is 24.7 Å². The predicted molar refractivity (Wildman–Crippen MR) is 160 cm³/mol. The molecule has 0 aromatic heterocycles. The van der Waals surface area contributed by atoms with Gasteiger partial charge >= 0.3 is 7.80 Å². The first-order valence-electron chi connectivity index (χ1n) is 13.4. The van der Waals surface area contributed by atoms with Crippen LogP contribution in [-0.4, -0.2) is 17.7 Å². The number of aryl methyl sites for hydroxylation is 6. The molecule has 0 aliphatic carbocycles. The van der Waals surface area contributed by atoms with Crippen LogP contribution < -0.4 is 5.30 Å². The summed E-state index contributed by atoms with van der Waals surface area (Å²) in [5.41, 5.74) is 7.56. The largest absolute Gasteiger partial charge is 0.377 e. The molecule has 0 fully saturated rings. The van der Waals surface area contributed by atoms with Crippen LogP contribution in [0.4, 0.5) is 0 Å². The number of carbonyl (C=O) groups excluding carboxylic acids is 2. The smallest absolute Gasteiger partial charge is 0.289 e. The highest BCUT2D eigenvalue weighted by atomic mass is 31.1. The van der Waals surface area contributed by atoms with Gasteiger partial charge < -0.3 is 0 Å². The summed E-state index contributed by atoms with van der Waals surface area (Å²) in [7, 11) is -1.89. The summed E-state index contributed by atoms with van der Waals surface area (Å²) >= 11 is 0. The van der Waals surface area contributed by atoms with Crippen LogP contribution in [0.1, 0.15) is 99.3 Å². The van der Waals surface area contributed by atoms with Crippen molar-refractivity contribution in [2.24, 2.45) is 11.3 Å². The lowest BCUT2D eigenvalue weighted by atomic mass is 9.86. The Kier molecular flexibility index (Phi) is 8.94. The fourth-order valence-corrected chi connectivity index (χ4v) is 7.62. The van der Waals surface area contributed by atoms with Gasteiger partial charge in [-0.25, -0.2) is 0 Å². The molecule has 0 spiro atoms. The van der Waals surface area contributed by atoms with Gasteiger partial charge in [-0.15, -0.1) is 0 Å². The highest BCUT2D eigenvalue weighted by molar-refractivity contribution is 7.53. The maximum Gasteiger partial charge on any atom is 0.377 e. The lowest BCUT2D eigenvalue weighted by molar-refractivity contribution is 0.100. The average Bonchev–Trinajstić information content (AvgIpc) is 2.75. The van der Waals surface area contributed by atoms with Gasteiger partial charge in [-0.1, -0.05) is 73.7 Å². The molecule has 4 heteroatoms. The third-order valence-corrected chi connectivity index (χ3v) is 8.89. The molecular weight excluding hydrogens is 487 g/mol. The molecule has 0 saturated heterocycles. The summed E-state index contributed by atoms with van der Waals surface area (Å²) in [4.78, 5) is 28.5. The van der Waals surface area contributed by atoms with E-state index in [0.717, 1.165) is 39.8 Å². The highest BCUT2D eigenvalue weighted by Gasteiger charge is 2.35. The van der Waals surface area contributed by atoms with Gasteiger partial charge in [-0.2, -0.15) is 0 Å². The Morgan fingerprint density at radius 3 is 1.63 bits per heavy atom. The van der Waals surface area contributed by atoms with E-state index in [1.165, 1.54) is 0 Å². The first-order chi connectivity index (χ1) is 17.6. The third-order valence-electron chi connectivity index (χ3n) is 7.03. The minimum atomic E-state index is -1.89. The Balaban J connectivity index is 2.25. The van der Waals surface area contributed by atoms with Crippen molar-refractivity contribution in [2.75, 3.05) is 6.16 Å². The fourth-order valence-electron chi connectivity index (χ4n) is 6.00. The molecule has 0 bridgehead atoms. The van der Waals surface area contributed by atoms with E-state index in [1.54, 1.807) is 18.2 Å². The van der Waals surface area contributed by atoms with Crippen molar-refractivity contribution in [1.82, 2.24) is 0 Å². The number of benzene rings is 3. The maximum atomic E-state index is 14.3. The lowest BCUT2D eigenvalue weighted by Crippen LogP contribution is -2.23. The Morgan fingerprint density at radius 1 is 0.737 bits per heavy atom. The number of hydrogen-bond donors (Lipinski definition) is 0. The van der Waals surface area contributed by atoms with Crippen LogP contribution in [-0.2, 0) is 4.57 Å². The minimum absolute atomic E-state index is 0.114. The highest BCUT2D eigenvalue weighted by Crippen LogP contribution is 2.34. The Labute approximate surface area is 229 Å². The van der Waals surface area contributed by atoms with Crippen LogP contribution in [0.2, 0.25) is 0 Å². The first kappa shape index (κ1) is 29.7. The summed E-state index contributed by atoms with van der Waals surface area (Å²) in [6.07, 6.45) is 1.40. The van der Waals surface area contributed by atoms with Crippen LogP contribution in [0.3, 0.4) is 0 Å². The normalized spacial score (nSPS) is 12.8. The van der Waals surface area contributed by atoms with E-state index in [9.17, 15) is 14.2 Å². The van der Waals surface area contributed by atoms with E-state index in [0.29, 0.717) is 28.2 Å². The quantitative estimate of drug-likeness (QED) is 0.217. The molecule has 200 valence electrons. The summed E-state index contributed by atoms with van der Waals surface area (Å²) in [5.74, 6) is -0.211. The van der Waals surface area contributed by atoms with Crippen molar-refractivity contribution in [1.29, 1.82) is 0 Å². The van der Waals surface area contributed by atoms with Crippen molar-refractivity contribution in [3.63, 3.8) is 0 Å². The van der Waals surface area contributed by atoms with Gasteiger partial charge in [0.05, 0.1) is 5.56 Å². The molecule has 38 heavy (non-hydrogen) atoms. The van der Waals surface area contributed by atoms with E-state index in [-0.39, 0.29) is 28.5 Å². The van der Waals surface area contributed by atoms with Gasteiger partial charge in [0.15, 0.2) is 17.7 Å². The van der Waals surface area contributed by atoms with Crippen molar-refractivity contribution in [3.05, 3.63) is 98.1 Å². The predicted octanol–water partition coefficient (Wildman–Crippen LogP) is 8.52. The molecule has 0 radical (unpaired) electrons. The van der Waals surface area contributed by atoms with Crippen molar-refractivity contribution < 1.29 is 14.2 Å². The molecule has 0 aliphatic heterocycles. The van der Waals surface area contributed by atoms with Crippen LogP contribution in [0, 0.1) is 52.9 Å². The molecule has 2 atom stereocenters. The van der Waals surface area contributed by atoms with Crippen LogP contribution in [0.5, 0.6) is 0 Å². The molecule has 2 unspecified atom stereocenters. The van der Waals surface area contributed by atoms with Crippen LogP contribution >= 0.6 is 7.80 Å². The SMILES string of the molecule is Cc1cc(C)c(C(=O)c2cccc([P+](=O)CC(C)CC(C)(C)C)c2C(=O)c2c(C)cc(C)cc2C)c(C)c1. The second-order valence-corrected chi connectivity index (χ2v) is 13.9. The molecule has 0 amide bonds. The lowest BCUT2D eigenvalue weighted by Gasteiger charge is -2.20. The Bertz CT molecular complexity index is 1380. The van der Waals surface area contributed by atoms with Gasteiger partial charge in [-0.05, 0) is 87.8 Å². The second-order valence-electron chi connectivity index (χ2n) is 12.3. The van der Waals surface area contributed by atoms with Gasteiger partial charge in [0.1, 0.15) is 0 Å². The monoisotopic (exact) mass is 529 g/mol. The molecule has 3 aromatic rings. The summed E-state index contributed by atoms with van der Waals surface area (Å²) in [6, 6.07) is 13.2. The second kappa shape index (κ2) is 11.5. The number of ketones is 2. The van der Waals surface area contributed by atoms with E-state index >= 15 is 0 Å². The maximum absolute atomic E-state index is 14.3. The number of rotatable bonds is 8. The van der Waals surface area contributed by atoms with Gasteiger partial charge in [-0.3, -0.25) is 9.59 Å². The standard InChI is InChI=1S/C34H42O3P/c1-20-14-23(4)29(24(5)15-20)32(35)27-12-11-13-28(38(37)19-22(3)18-34(8,9)10)31(27)33(36)30-25(6)16-21(2)17-26(30)7/h11-17,22H,18-19H2,1-10H3/q+1. The zero-order valence-corrected chi connectivity index (χ0v) is 25.6. The van der Waals surface area contributed by atoms with Crippen molar-refractivity contribution in [2.45, 2.75) is 75.7 Å². The molecule has 0 N–H and O–H groups in total. The molecule has 0 aliphatic rings. The average molecular weight is 530 g/mol. The van der Waals surface area contributed by atoms with Crippen molar-refractivity contribution in [3.8, 4) is 0 Å². The molecule has 0 heterocycles. The molecule has 3 nitrogen and oxygen atoms in total. The van der Waals surface area contributed by atoms with E-state index < -0.39 is 7.80 Å². The Hall–Kier alpha value is -2.90. The van der Waals surface area contributed by atoms with Crippen LogP contribution in [0.15, 0.2) is 42.5 Å². The molecule has 3 rings (SSSR count). The van der Waals surface area contributed by atoms with Gasteiger partial charge in [0.25, 0.3) is 0 Å². The third kappa shape index (κ3) is 6.56.